The van der Waals surface area contributed by atoms with Crippen LogP contribution in [0, 0.1) is 0 Å². The maximum atomic E-state index is 12.7. The lowest BCUT2D eigenvalue weighted by molar-refractivity contribution is 0.497. The van der Waals surface area contributed by atoms with Gasteiger partial charge in [0.25, 0.3) is 0 Å². The second-order valence-electron chi connectivity index (χ2n) is 6.33. The minimum absolute atomic E-state index is 0.384. The Kier molecular flexibility index (Phi) is 4.58. The standard InChI is InChI=1S/C24H19NO2/c1-18(20-13-7-3-8-14-20)22-23(21-15-9-4-10-16-21)27-24(26)25(22)17-19-11-5-2-6-12-19/h2-16H,1,17H2. The van der Waals surface area contributed by atoms with Crippen LogP contribution in [0.2, 0.25) is 0 Å². The number of oxazole rings is 1. The summed E-state index contributed by atoms with van der Waals surface area (Å²) in [5.74, 6) is 0.162. The predicted molar refractivity (Wildman–Crippen MR) is 109 cm³/mol. The Labute approximate surface area is 157 Å². The van der Waals surface area contributed by atoms with Gasteiger partial charge in [0.1, 0.15) is 0 Å². The van der Waals surface area contributed by atoms with E-state index in [1.165, 1.54) is 0 Å². The van der Waals surface area contributed by atoms with Gasteiger partial charge in [-0.25, -0.2) is 4.79 Å². The first-order chi connectivity index (χ1) is 13.2. The van der Waals surface area contributed by atoms with Crippen molar-refractivity contribution in [3.05, 3.63) is 125 Å². The summed E-state index contributed by atoms with van der Waals surface area (Å²) >= 11 is 0. The summed E-state index contributed by atoms with van der Waals surface area (Å²) in [6.45, 7) is 4.71. The van der Waals surface area contributed by atoms with Crippen LogP contribution in [-0.4, -0.2) is 4.57 Å². The number of aromatic nitrogens is 1. The molecule has 27 heavy (non-hydrogen) atoms. The molecule has 3 aromatic carbocycles. The summed E-state index contributed by atoms with van der Waals surface area (Å²) in [6, 6.07) is 29.4. The van der Waals surface area contributed by atoms with Crippen molar-refractivity contribution >= 4 is 5.57 Å². The maximum absolute atomic E-state index is 12.7. The van der Waals surface area contributed by atoms with Gasteiger partial charge in [-0.1, -0.05) is 97.6 Å². The fourth-order valence-electron chi connectivity index (χ4n) is 3.18. The molecule has 0 aliphatic carbocycles. The number of nitrogens with zero attached hydrogens (tertiary/aromatic N) is 1. The third kappa shape index (κ3) is 3.40. The summed E-state index contributed by atoms with van der Waals surface area (Å²) in [7, 11) is 0. The molecule has 0 fully saturated rings. The molecule has 0 unspecified atom stereocenters. The fraction of sp³-hybridized carbons (Fsp3) is 0.0417. The predicted octanol–water partition coefficient (Wildman–Crippen LogP) is 5.22. The zero-order valence-electron chi connectivity index (χ0n) is 14.8. The summed E-state index contributed by atoms with van der Waals surface area (Å²) in [5, 5.41) is 0. The molecule has 0 saturated carbocycles. The first-order valence-corrected chi connectivity index (χ1v) is 8.81. The summed E-state index contributed by atoms with van der Waals surface area (Å²) in [4.78, 5) is 12.7. The monoisotopic (exact) mass is 353 g/mol. The molecule has 0 saturated heterocycles. The Hall–Kier alpha value is -3.59. The number of hydrogen-bond donors (Lipinski definition) is 0. The van der Waals surface area contributed by atoms with Crippen molar-refractivity contribution in [1.82, 2.24) is 4.57 Å². The minimum Gasteiger partial charge on any atom is -0.407 e. The molecule has 0 aliphatic heterocycles. The molecular weight excluding hydrogens is 334 g/mol. The molecule has 0 radical (unpaired) electrons. The van der Waals surface area contributed by atoms with Crippen molar-refractivity contribution < 1.29 is 4.42 Å². The molecule has 1 aromatic heterocycles. The number of hydrogen-bond acceptors (Lipinski definition) is 2. The van der Waals surface area contributed by atoms with Gasteiger partial charge in [-0.05, 0) is 11.1 Å². The molecule has 0 N–H and O–H groups in total. The number of benzene rings is 3. The lowest BCUT2D eigenvalue weighted by Crippen LogP contribution is -2.17. The molecule has 132 valence electrons. The van der Waals surface area contributed by atoms with Gasteiger partial charge in [0.15, 0.2) is 5.76 Å². The average molecular weight is 353 g/mol. The molecule has 0 spiro atoms. The largest absolute Gasteiger partial charge is 0.420 e. The van der Waals surface area contributed by atoms with Gasteiger partial charge in [-0.15, -0.1) is 0 Å². The van der Waals surface area contributed by atoms with E-state index in [4.69, 9.17) is 4.42 Å². The Morgan fingerprint density at radius 3 is 2.00 bits per heavy atom. The van der Waals surface area contributed by atoms with Crippen LogP contribution in [0.3, 0.4) is 0 Å². The van der Waals surface area contributed by atoms with E-state index in [-0.39, 0.29) is 5.76 Å². The molecule has 0 aliphatic rings. The van der Waals surface area contributed by atoms with Crippen molar-refractivity contribution in [2.45, 2.75) is 6.54 Å². The highest BCUT2D eigenvalue weighted by molar-refractivity contribution is 5.83. The Bertz CT molecular complexity index is 1110. The molecule has 0 amide bonds. The van der Waals surface area contributed by atoms with Crippen LogP contribution in [0.5, 0.6) is 0 Å². The SMILES string of the molecule is C=C(c1ccccc1)c1c(-c2ccccc2)oc(=O)n1Cc1ccccc1. The Morgan fingerprint density at radius 2 is 1.37 bits per heavy atom. The lowest BCUT2D eigenvalue weighted by Gasteiger charge is -2.11. The molecule has 1 heterocycles. The minimum atomic E-state index is -0.384. The third-order valence-corrected chi connectivity index (χ3v) is 4.52. The van der Waals surface area contributed by atoms with Gasteiger partial charge in [-0.2, -0.15) is 0 Å². The van der Waals surface area contributed by atoms with Crippen LogP contribution in [0.15, 0.2) is 107 Å². The van der Waals surface area contributed by atoms with Crippen LogP contribution in [0.4, 0.5) is 0 Å². The van der Waals surface area contributed by atoms with Crippen LogP contribution in [0.1, 0.15) is 16.8 Å². The van der Waals surface area contributed by atoms with E-state index in [1.807, 2.05) is 91.0 Å². The third-order valence-electron chi connectivity index (χ3n) is 4.52. The summed E-state index contributed by atoms with van der Waals surface area (Å²) < 4.78 is 7.35. The van der Waals surface area contributed by atoms with Gasteiger partial charge >= 0.3 is 5.76 Å². The molecule has 3 heteroatoms. The van der Waals surface area contributed by atoms with Crippen molar-refractivity contribution in [3.8, 4) is 11.3 Å². The zero-order valence-corrected chi connectivity index (χ0v) is 14.8. The summed E-state index contributed by atoms with van der Waals surface area (Å²) in [6.07, 6.45) is 0. The van der Waals surface area contributed by atoms with Gasteiger partial charge in [0.2, 0.25) is 0 Å². The lowest BCUT2D eigenvalue weighted by atomic mass is 10.0. The topological polar surface area (TPSA) is 35.1 Å². The second kappa shape index (κ2) is 7.34. The van der Waals surface area contributed by atoms with Crippen molar-refractivity contribution in [1.29, 1.82) is 0 Å². The second-order valence-corrected chi connectivity index (χ2v) is 6.33. The maximum Gasteiger partial charge on any atom is 0.420 e. The van der Waals surface area contributed by atoms with Crippen molar-refractivity contribution in [3.63, 3.8) is 0 Å². The smallest absolute Gasteiger partial charge is 0.407 e. The van der Waals surface area contributed by atoms with E-state index >= 15 is 0 Å². The Balaban J connectivity index is 1.89. The van der Waals surface area contributed by atoms with Crippen LogP contribution >= 0.6 is 0 Å². The van der Waals surface area contributed by atoms with Crippen molar-refractivity contribution in [2.24, 2.45) is 0 Å². The number of rotatable bonds is 5. The molecule has 0 bridgehead atoms. The molecule has 4 aromatic rings. The van der Waals surface area contributed by atoms with E-state index in [0.29, 0.717) is 18.0 Å². The highest BCUT2D eigenvalue weighted by Gasteiger charge is 2.21. The van der Waals surface area contributed by atoms with E-state index in [0.717, 1.165) is 22.3 Å². The highest BCUT2D eigenvalue weighted by atomic mass is 16.4. The van der Waals surface area contributed by atoms with Gasteiger partial charge < -0.3 is 4.42 Å². The average Bonchev–Trinajstić information content (AvgIpc) is 3.06. The van der Waals surface area contributed by atoms with Gasteiger partial charge in [-0.3, -0.25) is 4.57 Å². The van der Waals surface area contributed by atoms with Crippen LogP contribution < -0.4 is 5.76 Å². The zero-order chi connectivity index (χ0) is 18.6. The van der Waals surface area contributed by atoms with Crippen molar-refractivity contribution in [2.75, 3.05) is 0 Å². The van der Waals surface area contributed by atoms with E-state index in [9.17, 15) is 4.79 Å². The first-order valence-electron chi connectivity index (χ1n) is 8.81. The molecule has 0 atom stereocenters. The van der Waals surface area contributed by atoms with Gasteiger partial charge in [0, 0.05) is 11.1 Å². The highest BCUT2D eigenvalue weighted by Crippen LogP contribution is 2.31. The van der Waals surface area contributed by atoms with E-state index in [2.05, 4.69) is 6.58 Å². The molecule has 4 rings (SSSR count). The van der Waals surface area contributed by atoms with E-state index < -0.39 is 0 Å². The summed E-state index contributed by atoms with van der Waals surface area (Å²) in [5.41, 5.74) is 4.31. The quantitative estimate of drug-likeness (QED) is 0.493. The van der Waals surface area contributed by atoms with Crippen LogP contribution in [-0.2, 0) is 6.54 Å². The Morgan fingerprint density at radius 1 is 0.815 bits per heavy atom. The molecule has 3 nitrogen and oxygen atoms in total. The fourth-order valence-corrected chi connectivity index (χ4v) is 3.18. The normalized spacial score (nSPS) is 10.7. The van der Waals surface area contributed by atoms with Crippen LogP contribution in [0.25, 0.3) is 16.9 Å². The van der Waals surface area contributed by atoms with E-state index in [1.54, 1.807) is 4.57 Å². The molecular formula is C24H19NO2. The first kappa shape index (κ1) is 16.9. The van der Waals surface area contributed by atoms with Gasteiger partial charge in [0.05, 0.1) is 12.2 Å².